The smallest absolute Gasteiger partial charge is 0.118 e. The Kier molecular flexibility index (Phi) is 3.08. The Bertz CT molecular complexity index is 230. The van der Waals surface area contributed by atoms with Crippen LogP contribution in [0.1, 0.15) is 11.7 Å². The zero-order chi connectivity index (χ0) is 8.97. The SMILES string of the molecule is COc1ccc(C(O)[13CH2]O)cc1. The summed E-state index contributed by atoms with van der Waals surface area (Å²) in [5.74, 6) is 0.740. The molecule has 0 aromatic heterocycles. The highest BCUT2D eigenvalue weighted by atomic mass is 16.5. The minimum absolute atomic E-state index is 0.258. The van der Waals surface area contributed by atoms with E-state index < -0.39 is 6.10 Å². The van der Waals surface area contributed by atoms with Crippen LogP contribution in [0.3, 0.4) is 0 Å². The van der Waals surface area contributed by atoms with Crippen molar-refractivity contribution >= 4 is 0 Å². The van der Waals surface area contributed by atoms with Gasteiger partial charge in [0.05, 0.1) is 13.7 Å². The van der Waals surface area contributed by atoms with Crippen LogP contribution in [0.25, 0.3) is 0 Å². The van der Waals surface area contributed by atoms with Crippen LogP contribution < -0.4 is 4.74 Å². The van der Waals surface area contributed by atoms with Gasteiger partial charge in [0.2, 0.25) is 0 Å². The maximum absolute atomic E-state index is 9.20. The van der Waals surface area contributed by atoms with Crippen molar-refractivity contribution in [3.8, 4) is 5.75 Å². The van der Waals surface area contributed by atoms with E-state index in [9.17, 15) is 5.11 Å². The minimum Gasteiger partial charge on any atom is -0.497 e. The second-order valence-corrected chi connectivity index (χ2v) is 2.47. The van der Waals surface area contributed by atoms with Gasteiger partial charge in [-0.15, -0.1) is 0 Å². The van der Waals surface area contributed by atoms with E-state index in [2.05, 4.69) is 0 Å². The topological polar surface area (TPSA) is 49.7 Å². The molecule has 0 fully saturated rings. The molecule has 0 heterocycles. The third-order valence-corrected chi connectivity index (χ3v) is 1.67. The molecule has 2 N–H and O–H groups in total. The normalized spacial score (nSPS) is 12.6. The molecule has 1 aromatic carbocycles. The summed E-state index contributed by atoms with van der Waals surface area (Å²) in [5, 5.41) is 17.8. The molecular formula is C9H12O3. The van der Waals surface area contributed by atoms with Gasteiger partial charge in [-0.05, 0) is 17.7 Å². The molecule has 1 aromatic rings. The third-order valence-electron chi connectivity index (χ3n) is 1.67. The van der Waals surface area contributed by atoms with E-state index in [1.165, 1.54) is 0 Å². The first-order valence-electron chi connectivity index (χ1n) is 3.71. The summed E-state index contributed by atoms with van der Waals surface area (Å²) in [6.07, 6.45) is -0.795. The van der Waals surface area contributed by atoms with E-state index in [1.807, 2.05) is 0 Å². The van der Waals surface area contributed by atoms with Gasteiger partial charge in [0.1, 0.15) is 11.9 Å². The van der Waals surface area contributed by atoms with Gasteiger partial charge in [0, 0.05) is 0 Å². The third kappa shape index (κ3) is 1.96. The van der Waals surface area contributed by atoms with Crippen LogP contribution in [0.4, 0.5) is 0 Å². The first kappa shape index (κ1) is 9.03. The van der Waals surface area contributed by atoms with Crippen molar-refractivity contribution in [1.29, 1.82) is 0 Å². The Morgan fingerprint density at radius 1 is 1.33 bits per heavy atom. The standard InChI is InChI=1S/C9H12O3/c1-12-8-4-2-7(3-5-8)9(11)6-10/h2-5,9-11H,6H2,1H3/i6+1. The molecule has 0 radical (unpaired) electrons. The maximum atomic E-state index is 9.20. The van der Waals surface area contributed by atoms with Crippen molar-refractivity contribution in [2.45, 2.75) is 6.10 Å². The van der Waals surface area contributed by atoms with Crippen molar-refractivity contribution in [2.24, 2.45) is 0 Å². The fourth-order valence-corrected chi connectivity index (χ4v) is 0.931. The monoisotopic (exact) mass is 169 g/mol. The lowest BCUT2D eigenvalue weighted by Gasteiger charge is -2.07. The lowest BCUT2D eigenvalue weighted by atomic mass is 10.2. The molecule has 0 spiro atoms. The minimum atomic E-state index is -0.795. The molecule has 0 aliphatic heterocycles. The summed E-state index contributed by atoms with van der Waals surface area (Å²) in [4.78, 5) is 0. The second kappa shape index (κ2) is 4.09. The Morgan fingerprint density at radius 2 is 1.92 bits per heavy atom. The molecular weight excluding hydrogens is 157 g/mol. The van der Waals surface area contributed by atoms with Gasteiger partial charge in [-0.2, -0.15) is 0 Å². The zero-order valence-electron chi connectivity index (χ0n) is 6.90. The summed E-state index contributed by atoms with van der Waals surface area (Å²) in [6, 6.07) is 6.93. The molecule has 0 saturated carbocycles. The molecule has 3 heteroatoms. The van der Waals surface area contributed by atoms with Crippen LogP contribution in [0, 0.1) is 0 Å². The van der Waals surface area contributed by atoms with Gasteiger partial charge >= 0.3 is 0 Å². The molecule has 0 bridgehead atoms. The van der Waals surface area contributed by atoms with Crippen LogP contribution in [0.5, 0.6) is 5.75 Å². The Balaban J connectivity index is 2.77. The molecule has 0 aliphatic rings. The molecule has 3 nitrogen and oxygen atoms in total. The largest absolute Gasteiger partial charge is 0.497 e. The van der Waals surface area contributed by atoms with Crippen LogP contribution in [-0.4, -0.2) is 23.9 Å². The molecule has 1 rings (SSSR count). The maximum Gasteiger partial charge on any atom is 0.118 e. The van der Waals surface area contributed by atoms with Gasteiger partial charge in [0.25, 0.3) is 0 Å². The molecule has 12 heavy (non-hydrogen) atoms. The van der Waals surface area contributed by atoms with E-state index in [0.29, 0.717) is 5.56 Å². The number of rotatable bonds is 3. The van der Waals surface area contributed by atoms with Crippen molar-refractivity contribution in [3.05, 3.63) is 29.8 Å². The lowest BCUT2D eigenvalue weighted by molar-refractivity contribution is 0.0956. The molecule has 0 amide bonds. The number of ether oxygens (including phenoxy) is 1. The average molecular weight is 169 g/mol. The summed E-state index contributed by atoms with van der Waals surface area (Å²) in [7, 11) is 1.58. The lowest BCUT2D eigenvalue weighted by Crippen LogP contribution is -2.01. The number of hydrogen-bond acceptors (Lipinski definition) is 3. The molecule has 1 unspecified atom stereocenters. The number of aliphatic hydroxyl groups excluding tert-OH is 2. The molecule has 1 atom stereocenters. The zero-order valence-corrected chi connectivity index (χ0v) is 6.90. The van der Waals surface area contributed by atoms with Gasteiger partial charge in [-0.3, -0.25) is 0 Å². The van der Waals surface area contributed by atoms with E-state index in [-0.39, 0.29) is 6.61 Å². The number of benzene rings is 1. The van der Waals surface area contributed by atoms with Crippen LogP contribution >= 0.6 is 0 Å². The highest BCUT2D eigenvalue weighted by Crippen LogP contribution is 2.16. The quantitative estimate of drug-likeness (QED) is 0.655. The number of hydrogen-bond donors (Lipinski definition) is 2. The highest BCUT2D eigenvalue weighted by Gasteiger charge is 2.04. The van der Waals surface area contributed by atoms with Crippen LogP contribution in [0.15, 0.2) is 24.3 Å². The Morgan fingerprint density at radius 3 is 2.33 bits per heavy atom. The average Bonchev–Trinajstić information content (AvgIpc) is 2.17. The van der Waals surface area contributed by atoms with E-state index in [1.54, 1.807) is 31.4 Å². The molecule has 66 valence electrons. The van der Waals surface area contributed by atoms with Gasteiger partial charge in [-0.25, -0.2) is 0 Å². The first-order valence-corrected chi connectivity index (χ1v) is 3.71. The molecule has 0 aliphatic carbocycles. The molecule has 0 saturated heterocycles. The number of aliphatic hydroxyl groups is 2. The van der Waals surface area contributed by atoms with Crippen LogP contribution in [-0.2, 0) is 0 Å². The summed E-state index contributed by atoms with van der Waals surface area (Å²) < 4.78 is 4.94. The van der Waals surface area contributed by atoms with Crippen molar-refractivity contribution in [2.75, 3.05) is 13.7 Å². The van der Waals surface area contributed by atoms with Gasteiger partial charge in [0.15, 0.2) is 0 Å². The van der Waals surface area contributed by atoms with E-state index >= 15 is 0 Å². The predicted octanol–water partition coefficient (Wildman–Crippen LogP) is 0.721. The Hall–Kier alpha value is -1.06. The van der Waals surface area contributed by atoms with E-state index in [4.69, 9.17) is 9.84 Å². The van der Waals surface area contributed by atoms with Gasteiger partial charge < -0.3 is 14.9 Å². The first-order chi connectivity index (χ1) is 5.77. The fraction of sp³-hybridized carbons (Fsp3) is 0.333. The van der Waals surface area contributed by atoms with Gasteiger partial charge in [-0.1, -0.05) is 12.1 Å². The van der Waals surface area contributed by atoms with Crippen LogP contribution in [0.2, 0.25) is 0 Å². The summed E-state index contributed by atoms with van der Waals surface area (Å²) in [5.41, 5.74) is 0.693. The summed E-state index contributed by atoms with van der Waals surface area (Å²) in [6.45, 7) is -0.258. The predicted molar refractivity (Wildman–Crippen MR) is 45.0 cm³/mol. The number of methoxy groups -OCH3 is 1. The van der Waals surface area contributed by atoms with Crippen molar-refractivity contribution in [1.82, 2.24) is 0 Å². The van der Waals surface area contributed by atoms with Crippen molar-refractivity contribution in [3.63, 3.8) is 0 Å². The second-order valence-electron chi connectivity index (χ2n) is 2.47. The van der Waals surface area contributed by atoms with E-state index in [0.717, 1.165) is 5.75 Å². The fourth-order valence-electron chi connectivity index (χ4n) is 0.931. The summed E-state index contributed by atoms with van der Waals surface area (Å²) >= 11 is 0. The Labute approximate surface area is 71.2 Å². The highest BCUT2D eigenvalue weighted by molar-refractivity contribution is 5.28. The van der Waals surface area contributed by atoms with Crippen molar-refractivity contribution < 1.29 is 14.9 Å².